The van der Waals surface area contributed by atoms with Crippen molar-refractivity contribution < 1.29 is 22.7 Å². The number of ether oxygens (including phenoxy) is 1. The van der Waals surface area contributed by atoms with Crippen LogP contribution in [0.5, 0.6) is 0 Å². The summed E-state index contributed by atoms with van der Waals surface area (Å²) >= 11 is 0. The molecule has 2 rings (SSSR count). The maximum Gasteiger partial charge on any atom is 0.406 e. The second-order valence-electron chi connectivity index (χ2n) is 5.46. The van der Waals surface area contributed by atoms with E-state index < -0.39 is 18.6 Å². The van der Waals surface area contributed by atoms with Crippen molar-refractivity contribution >= 4 is 5.91 Å². The molecule has 7 heteroatoms. The predicted molar refractivity (Wildman–Crippen MR) is 67.3 cm³/mol. The van der Waals surface area contributed by atoms with Crippen molar-refractivity contribution in [2.24, 2.45) is 0 Å². The Morgan fingerprint density at radius 2 is 1.95 bits per heavy atom. The first-order valence-corrected chi connectivity index (χ1v) is 7.14. The number of halogens is 3. The van der Waals surface area contributed by atoms with Crippen LogP contribution in [0.2, 0.25) is 0 Å². The van der Waals surface area contributed by atoms with Gasteiger partial charge in [0.2, 0.25) is 5.91 Å². The molecule has 0 spiro atoms. The summed E-state index contributed by atoms with van der Waals surface area (Å²) in [6.07, 6.45) is -1.69. The van der Waals surface area contributed by atoms with Crippen LogP contribution in [0.3, 0.4) is 0 Å². The third-order valence-corrected chi connectivity index (χ3v) is 3.85. The van der Waals surface area contributed by atoms with E-state index >= 15 is 0 Å². The van der Waals surface area contributed by atoms with E-state index in [1.807, 2.05) is 0 Å². The topological polar surface area (TPSA) is 41.6 Å². The lowest BCUT2D eigenvalue weighted by atomic mass is 10.0. The summed E-state index contributed by atoms with van der Waals surface area (Å²) in [5.74, 6) is -0.430. The van der Waals surface area contributed by atoms with Gasteiger partial charge in [-0.3, -0.25) is 4.79 Å². The number of rotatable bonds is 4. The zero-order chi connectivity index (χ0) is 14.6. The fourth-order valence-electron chi connectivity index (χ4n) is 2.85. The van der Waals surface area contributed by atoms with Gasteiger partial charge in [-0.15, -0.1) is 0 Å². The third-order valence-electron chi connectivity index (χ3n) is 3.85. The highest BCUT2D eigenvalue weighted by Gasteiger charge is 2.37. The van der Waals surface area contributed by atoms with Crippen LogP contribution in [0.25, 0.3) is 0 Å². The maximum absolute atomic E-state index is 12.7. The Balaban J connectivity index is 1.97. The van der Waals surface area contributed by atoms with E-state index in [2.05, 4.69) is 5.32 Å². The third kappa shape index (κ3) is 4.63. The Labute approximate surface area is 116 Å². The number of carbonyl (C=O) groups is 1. The van der Waals surface area contributed by atoms with Gasteiger partial charge in [-0.25, -0.2) is 0 Å². The summed E-state index contributed by atoms with van der Waals surface area (Å²) in [4.78, 5) is 13.2. The number of nitrogens with zero attached hydrogens (tertiary/aromatic N) is 1. The normalized spacial score (nSPS) is 24.9. The molecule has 0 bridgehead atoms. The molecular formula is C13H21F3N2O2. The smallest absolute Gasteiger partial charge is 0.378 e. The Morgan fingerprint density at radius 1 is 1.25 bits per heavy atom. The van der Waals surface area contributed by atoms with E-state index in [4.69, 9.17) is 4.74 Å². The molecule has 2 fully saturated rings. The molecule has 4 nitrogen and oxygen atoms in total. The molecular weight excluding hydrogens is 273 g/mol. The molecule has 0 saturated carbocycles. The molecule has 0 aromatic carbocycles. The lowest BCUT2D eigenvalue weighted by Crippen LogP contribution is -2.50. The first-order valence-electron chi connectivity index (χ1n) is 7.14. The molecule has 0 aromatic heterocycles. The summed E-state index contributed by atoms with van der Waals surface area (Å²) in [7, 11) is 0. The van der Waals surface area contributed by atoms with Crippen LogP contribution in [0.4, 0.5) is 13.2 Å². The number of hydrogen-bond donors (Lipinski definition) is 1. The Bertz CT molecular complexity index is 324. The molecule has 116 valence electrons. The zero-order valence-electron chi connectivity index (χ0n) is 11.4. The highest BCUT2D eigenvalue weighted by molar-refractivity contribution is 5.77. The van der Waals surface area contributed by atoms with Gasteiger partial charge >= 0.3 is 6.18 Å². The van der Waals surface area contributed by atoms with Gasteiger partial charge in [-0.2, -0.15) is 13.2 Å². The fourth-order valence-corrected chi connectivity index (χ4v) is 2.85. The Kier molecular flexibility index (Phi) is 5.26. The second kappa shape index (κ2) is 6.76. The van der Waals surface area contributed by atoms with Crippen molar-refractivity contribution in [2.45, 2.75) is 50.4 Å². The summed E-state index contributed by atoms with van der Waals surface area (Å²) < 4.78 is 43.4. The average molecular weight is 294 g/mol. The zero-order valence-corrected chi connectivity index (χ0v) is 11.4. The van der Waals surface area contributed by atoms with Crippen LogP contribution in [-0.4, -0.2) is 55.4 Å². The number of carbonyl (C=O) groups excluding carboxylic acids is 1. The number of piperidine rings is 1. The highest BCUT2D eigenvalue weighted by atomic mass is 19.4. The van der Waals surface area contributed by atoms with Gasteiger partial charge in [0.1, 0.15) is 6.54 Å². The largest absolute Gasteiger partial charge is 0.406 e. The minimum absolute atomic E-state index is 0.0695. The molecule has 0 aromatic rings. The number of nitrogens with one attached hydrogen (secondary N) is 1. The fraction of sp³-hybridized carbons (Fsp3) is 0.923. The molecule has 1 atom stereocenters. The molecule has 1 N–H and O–H groups in total. The van der Waals surface area contributed by atoms with Gasteiger partial charge in [-0.1, -0.05) is 0 Å². The van der Waals surface area contributed by atoms with E-state index in [0.717, 1.165) is 17.7 Å². The molecule has 20 heavy (non-hydrogen) atoms. The monoisotopic (exact) mass is 294 g/mol. The average Bonchev–Trinajstić information content (AvgIpc) is 2.89. The van der Waals surface area contributed by atoms with Crippen LogP contribution in [-0.2, 0) is 9.53 Å². The minimum atomic E-state index is -4.35. The van der Waals surface area contributed by atoms with Gasteiger partial charge in [-0.05, 0) is 38.8 Å². The first-order chi connectivity index (χ1) is 9.46. The second-order valence-corrected chi connectivity index (χ2v) is 5.46. The van der Waals surface area contributed by atoms with Crippen molar-refractivity contribution in [3.63, 3.8) is 0 Å². The van der Waals surface area contributed by atoms with E-state index in [-0.39, 0.29) is 18.6 Å². The summed E-state index contributed by atoms with van der Waals surface area (Å²) in [5, 5.41) is 3.10. The van der Waals surface area contributed by atoms with Crippen molar-refractivity contribution in [2.75, 3.05) is 26.2 Å². The Hall–Kier alpha value is -0.820. The molecule has 2 saturated heterocycles. The standard InChI is InChI=1S/C13H21F3N2O2/c14-13(15,16)9-18(10-3-5-17-6-4-10)12(19)8-11-2-1-7-20-11/h10-11,17H,1-9H2. The molecule has 1 amide bonds. The maximum atomic E-state index is 12.7. The van der Waals surface area contributed by atoms with E-state index in [0.29, 0.717) is 32.5 Å². The SMILES string of the molecule is O=C(CC1CCCO1)N(CC(F)(F)F)C1CCNCC1. The quantitative estimate of drug-likeness (QED) is 0.858. The molecule has 2 aliphatic rings. The number of hydrogen-bond acceptors (Lipinski definition) is 3. The first kappa shape index (κ1) is 15.6. The van der Waals surface area contributed by atoms with Crippen molar-refractivity contribution in [1.29, 1.82) is 0 Å². The summed E-state index contributed by atoms with van der Waals surface area (Å²) in [5.41, 5.74) is 0. The van der Waals surface area contributed by atoms with Crippen molar-refractivity contribution in [1.82, 2.24) is 10.2 Å². The predicted octanol–water partition coefficient (Wildman–Crippen LogP) is 1.70. The molecule has 2 aliphatic heterocycles. The van der Waals surface area contributed by atoms with E-state index in [9.17, 15) is 18.0 Å². The van der Waals surface area contributed by atoms with Gasteiger partial charge in [0, 0.05) is 12.6 Å². The van der Waals surface area contributed by atoms with Gasteiger partial charge in [0.05, 0.1) is 12.5 Å². The lowest BCUT2D eigenvalue weighted by Gasteiger charge is -2.35. The van der Waals surface area contributed by atoms with Gasteiger partial charge < -0.3 is 15.0 Å². The van der Waals surface area contributed by atoms with Gasteiger partial charge in [0.25, 0.3) is 0 Å². The van der Waals surface area contributed by atoms with Crippen LogP contribution >= 0.6 is 0 Å². The van der Waals surface area contributed by atoms with E-state index in [1.165, 1.54) is 0 Å². The van der Waals surface area contributed by atoms with E-state index in [1.54, 1.807) is 0 Å². The van der Waals surface area contributed by atoms with Crippen LogP contribution in [0.15, 0.2) is 0 Å². The van der Waals surface area contributed by atoms with Crippen molar-refractivity contribution in [3.05, 3.63) is 0 Å². The van der Waals surface area contributed by atoms with Crippen LogP contribution < -0.4 is 5.32 Å². The minimum Gasteiger partial charge on any atom is -0.378 e. The van der Waals surface area contributed by atoms with Gasteiger partial charge in [0.15, 0.2) is 0 Å². The molecule has 0 aliphatic carbocycles. The lowest BCUT2D eigenvalue weighted by molar-refractivity contribution is -0.168. The van der Waals surface area contributed by atoms with Crippen LogP contribution in [0.1, 0.15) is 32.1 Å². The summed E-state index contributed by atoms with van der Waals surface area (Å²) in [6.45, 7) is 0.770. The number of alkyl halides is 3. The van der Waals surface area contributed by atoms with Crippen LogP contribution in [0, 0.1) is 0 Å². The summed E-state index contributed by atoms with van der Waals surface area (Å²) in [6, 6.07) is -0.313. The highest BCUT2D eigenvalue weighted by Crippen LogP contribution is 2.24. The Morgan fingerprint density at radius 3 is 2.50 bits per heavy atom. The molecule has 0 radical (unpaired) electrons. The van der Waals surface area contributed by atoms with Crippen molar-refractivity contribution in [3.8, 4) is 0 Å². The molecule has 1 unspecified atom stereocenters. The number of amides is 1. The molecule has 2 heterocycles.